The molecule has 0 amide bonds. The molecule has 1 heterocycles. The van der Waals surface area contributed by atoms with Crippen LogP contribution in [0.2, 0.25) is 10.0 Å². The van der Waals surface area contributed by atoms with Gasteiger partial charge in [0.15, 0.2) is 5.75 Å². The number of carboxylic acids is 1. The van der Waals surface area contributed by atoms with Gasteiger partial charge in [-0.1, -0.05) is 23.2 Å². The van der Waals surface area contributed by atoms with E-state index >= 15 is 0 Å². The third-order valence-corrected chi connectivity index (χ3v) is 2.76. The van der Waals surface area contributed by atoms with Gasteiger partial charge in [0, 0.05) is 0 Å². The number of benzene rings is 1. The largest absolute Gasteiger partial charge is 0.481 e. The van der Waals surface area contributed by atoms with E-state index in [2.05, 4.69) is 9.97 Å². The highest BCUT2D eigenvalue weighted by Gasteiger charge is 2.13. The summed E-state index contributed by atoms with van der Waals surface area (Å²) in [4.78, 5) is 26.3. The standard InChI is InChI=1S/C11H8Cl2N2O4/c12-6-1-5(3-9(16)17)2-7(13)10(6)19-8-4-14-11(18)15-8/h1-2,4H,3H2,(H,16,17)(H2,14,15,18). The van der Waals surface area contributed by atoms with Gasteiger partial charge in [-0.05, 0) is 17.7 Å². The van der Waals surface area contributed by atoms with Gasteiger partial charge in [0.1, 0.15) is 0 Å². The molecule has 0 aliphatic heterocycles. The van der Waals surface area contributed by atoms with Crippen molar-refractivity contribution in [2.75, 3.05) is 0 Å². The van der Waals surface area contributed by atoms with Gasteiger partial charge in [-0.3, -0.25) is 9.78 Å². The van der Waals surface area contributed by atoms with Crippen molar-refractivity contribution in [3.8, 4) is 11.6 Å². The number of carbonyl (C=O) groups is 1. The van der Waals surface area contributed by atoms with Gasteiger partial charge in [0.2, 0.25) is 5.88 Å². The molecule has 8 heteroatoms. The zero-order chi connectivity index (χ0) is 14.0. The summed E-state index contributed by atoms with van der Waals surface area (Å²) in [6.45, 7) is 0. The van der Waals surface area contributed by atoms with Crippen molar-refractivity contribution >= 4 is 29.2 Å². The molecular formula is C11H8Cl2N2O4. The second-order valence-electron chi connectivity index (χ2n) is 3.67. The summed E-state index contributed by atoms with van der Waals surface area (Å²) in [6, 6.07) is 2.89. The Balaban J connectivity index is 2.31. The Labute approximate surface area is 116 Å². The molecule has 0 aliphatic carbocycles. The molecule has 19 heavy (non-hydrogen) atoms. The Hall–Kier alpha value is -1.92. The normalized spacial score (nSPS) is 10.4. The van der Waals surface area contributed by atoms with Crippen LogP contribution in [0.1, 0.15) is 5.56 Å². The zero-order valence-electron chi connectivity index (χ0n) is 9.37. The predicted octanol–water partition coefficient (Wildman–Crippen LogP) is 2.43. The van der Waals surface area contributed by atoms with Gasteiger partial charge in [-0.2, -0.15) is 0 Å². The van der Waals surface area contributed by atoms with Gasteiger partial charge in [-0.15, -0.1) is 0 Å². The minimum atomic E-state index is -0.990. The van der Waals surface area contributed by atoms with Crippen LogP contribution >= 0.6 is 23.2 Å². The predicted molar refractivity (Wildman–Crippen MR) is 69.3 cm³/mol. The molecule has 0 bridgehead atoms. The van der Waals surface area contributed by atoms with E-state index in [-0.39, 0.29) is 28.1 Å². The minimum absolute atomic E-state index is 0.146. The van der Waals surface area contributed by atoms with E-state index < -0.39 is 11.7 Å². The molecular weight excluding hydrogens is 295 g/mol. The van der Waals surface area contributed by atoms with Crippen LogP contribution in [-0.2, 0) is 11.2 Å². The van der Waals surface area contributed by atoms with Gasteiger partial charge in [0.25, 0.3) is 0 Å². The molecule has 0 saturated carbocycles. The van der Waals surface area contributed by atoms with Crippen molar-refractivity contribution in [2.24, 2.45) is 0 Å². The first kappa shape index (κ1) is 13.5. The van der Waals surface area contributed by atoms with Crippen LogP contribution in [0.5, 0.6) is 11.6 Å². The average molecular weight is 303 g/mol. The van der Waals surface area contributed by atoms with E-state index in [0.29, 0.717) is 5.56 Å². The summed E-state index contributed by atoms with van der Waals surface area (Å²) in [5.41, 5.74) is 0.0298. The quantitative estimate of drug-likeness (QED) is 0.808. The summed E-state index contributed by atoms with van der Waals surface area (Å²) < 4.78 is 5.32. The molecule has 0 aliphatic rings. The SMILES string of the molecule is O=C(O)Cc1cc(Cl)c(Oc2c[nH]c(=O)[nH]2)c(Cl)c1. The Morgan fingerprint density at radius 2 is 1.95 bits per heavy atom. The number of halogens is 2. The van der Waals surface area contributed by atoms with Crippen LogP contribution in [-0.4, -0.2) is 21.0 Å². The number of hydrogen-bond acceptors (Lipinski definition) is 3. The van der Waals surface area contributed by atoms with Gasteiger partial charge < -0.3 is 14.8 Å². The summed E-state index contributed by atoms with van der Waals surface area (Å²) in [5.74, 6) is -0.691. The molecule has 3 N–H and O–H groups in total. The zero-order valence-corrected chi connectivity index (χ0v) is 10.9. The second kappa shape index (κ2) is 5.38. The summed E-state index contributed by atoms with van der Waals surface area (Å²) in [7, 11) is 0. The maximum absolute atomic E-state index is 10.9. The topological polar surface area (TPSA) is 95.2 Å². The molecule has 0 unspecified atom stereocenters. The fraction of sp³-hybridized carbons (Fsp3) is 0.0909. The van der Waals surface area contributed by atoms with Crippen molar-refractivity contribution in [3.63, 3.8) is 0 Å². The number of rotatable bonds is 4. The lowest BCUT2D eigenvalue weighted by atomic mass is 10.1. The average Bonchev–Trinajstić information content (AvgIpc) is 2.68. The van der Waals surface area contributed by atoms with Crippen LogP contribution in [0.3, 0.4) is 0 Å². The first-order chi connectivity index (χ1) is 8.95. The fourth-order valence-corrected chi connectivity index (χ4v) is 2.08. The van der Waals surface area contributed by atoms with Crippen molar-refractivity contribution in [2.45, 2.75) is 6.42 Å². The highest BCUT2D eigenvalue weighted by Crippen LogP contribution is 2.36. The Morgan fingerprint density at radius 3 is 2.42 bits per heavy atom. The van der Waals surface area contributed by atoms with Crippen LogP contribution in [0, 0.1) is 0 Å². The first-order valence-electron chi connectivity index (χ1n) is 5.11. The summed E-state index contributed by atoms with van der Waals surface area (Å²) in [5, 5.41) is 9.01. The number of carboxylic acid groups (broad SMARTS) is 1. The van der Waals surface area contributed by atoms with Crippen molar-refractivity contribution in [1.82, 2.24) is 9.97 Å². The fourth-order valence-electron chi connectivity index (χ4n) is 1.47. The number of aliphatic carboxylic acids is 1. The molecule has 1 aromatic carbocycles. The first-order valence-corrected chi connectivity index (χ1v) is 5.86. The lowest BCUT2D eigenvalue weighted by molar-refractivity contribution is -0.136. The van der Waals surface area contributed by atoms with Crippen molar-refractivity contribution in [1.29, 1.82) is 0 Å². The Bertz CT molecular complexity index is 654. The van der Waals surface area contributed by atoms with E-state index in [1.54, 1.807) is 0 Å². The van der Waals surface area contributed by atoms with E-state index in [4.69, 9.17) is 33.0 Å². The van der Waals surface area contributed by atoms with E-state index in [9.17, 15) is 9.59 Å². The molecule has 100 valence electrons. The van der Waals surface area contributed by atoms with E-state index in [0.717, 1.165) is 0 Å². The minimum Gasteiger partial charge on any atom is -0.481 e. The lowest BCUT2D eigenvalue weighted by Crippen LogP contribution is -2.01. The highest BCUT2D eigenvalue weighted by atomic mass is 35.5. The second-order valence-corrected chi connectivity index (χ2v) is 4.48. The number of hydrogen-bond donors (Lipinski definition) is 3. The van der Waals surface area contributed by atoms with Gasteiger partial charge >= 0.3 is 11.7 Å². The van der Waals surface area contributed by atoms with Crippen LogP contribution in [0.15, 0.2) is 23.1 Å². The van der Waals surface area contributed by atoms with Crippen LogP contribution in [0.4, 0.5) is 0 Å². The number of imidazole rings is 1. The summed E-state index contributed by atoms with van der Waals surface area (Å²) >= 11 is 11.9. The molecule has 0 spiro atoms. The van der Waals surface area contributed by atoms with Crippen LogP contribution in [0.25, 0.3) is 0 Å². The number of ether oxygens (including phenoxy) is 1. The maximum atomic E-state index is 10.9. The van der Waals surface area contributed by atoms with Crippen LogP contribution < -0.4 is 10.4 Å². The third kappa shape index (κ3) is 3.30. The molecule has 0 radical (unpaired) electrons. The number of aromatic nitrogens is 2. The Kier molecular flexibility index (Phi) is 3.82. The van der Waals surface area contributed by atoms with Gasteiger partial charge in [0.05, 0.1) is 22.7 Å². The number of aromatic amines is 2. The Morgan fingerprint density at radius 1 is 1.32 bits per heavy atom. The van der Waals surface area contributed by atoms with E-state index in [1.165, 1.54) is 18.3 Å². The number of nitrogens with one attached hydrogen (secondary N) is 2. The lowest BCUT2D eigenvalue weighted by Gasteiger charge is -2.09. The molecule has 0 fully saturated rings. The van der Waals surface area contributed by atoms with E-state index in [1.807, 2.05) is 0 Å². The highest BCUT2D eigenvalue weighted by molar-refractivity contribution is 6.37. The molecule has 2 aromatic rings. The van der Waals surface area contributed by atoms with Gasteiger partial charge in [-0.25, -0.2) is 4.79 Å². The molecule has 0 atom stereocenters. The smallest absolute Gasteiger partial charge is 0.325 e. The molecule has 0 saturated heterocycles. The molecule has 1 aromatic heterocycles. The number of H-pyrrole nitrogens is 2. The monoisotopic (exact) mass is 302 g/mol. The molecule has 6 nitrogen and oxygen atoms in total. The van der Waals surface area contributed by atoms with Crippen molar-refractivity contribution < 1.29 is 14.6 Å². The summed E-state index contributed by atoms with van der Waals surface area (Å²) in [6.07, 6.45) is 1.13. The molecule has 2 rings (SSSR count). The third-order valence-electron chi connectivity index (χ3n) is 2.20. The maximum Gasteiger partial charge on any atom is 0.325 e. The van der Waals surface area contributed by atoms with Crippen molar-refractivity contribution in [3.05, 3.63) is 44.4 Å².